The Morgan fingerprint density at radius 2 is 1.76 bits per heavy atom. The number of carbonyl (C=O) groups is 2. The molecule has 0 aliphatic carbocycles. The molecule has 0 spiro atoms. The summed E-state index contributed by atoms with van der Waals surface area (Å²) < 4.78 is 7.49. The highest BCUT2D eigenvalue weighted by Gasteiger charge is 2.32. The second kappa shape index (κ2) is 10.1. The van der Waals surface area contributed by atoms with Gasteiger partial charge in [0.1, 0.15) is 10.8 Å². The summed E-state index contributed by atoms with van der Waals surface area (Å²) in [5, 5.41) is 12.4. The summed E-state index contributed by atoms with van der Waals surface area (Å²) in [5.41, 5.74) is 5.44. The first-order valence-corrected chi connectivity index (χ1v) is 12.9. The van der Waals surface area contributed by atoms with Gasteiger partial charge in [0.05, 0.1) is 5.71 Å². The molecule has 0 saturated heterocycles. The molecule has 9 heteroatoms. The summed E-state index contributed by atoms with van der Waals surface area (Å²) >= 11 is 1.63. The Kier molecular flexibility index (Phi) is 6.71. The van der Waals surface area contributed by atoms with Crippen molar-refractivity contribution >= 4 is 34.6 Å². The first-order valence-electron chi connectivity index (χ1n) is 12.0. The minimum absolute atomic E-state index is 0.0432. The number of aliphatic imine (C=N–C) groups is 1. The lowest BCUT2D eigenvalue weighted by Gasteiger charge is -2.13. The first kappa shape index (κ1) is 24.6. The number of thiophene rings is 1. The third-order valence-corrected chi connectivity index (χ3v) is 7.52. The van der Waals surface area contributed by atoms with Crippen LogP contribution in [0.5, 0.6) is 0 Å². The fourth-order valence-corrected chi connectivity index (χ4v) is 5.58. The standard InChI is InChI=1S/C28H27N5O3S/c1-16-17(2)37-28-24(16)25(30-27(36-19(4)34)26-32-31-18(3)33(26)28)21-11-13-22(14-12-21)29-23(35)15-10-20-8-6-5-7-9-20/h5-9,11-14,27H,10,15H2,1-4H3,(H,29,35)/t27-/m0/s1. The lowest BCUT2D eigenvalue weighted by Crippen LogP contribution is -2.13. The van der Waals surface area contributed by atoms with Crippen molar-refractivity contribution in [3.63, 3.8) is 0 Å². The molecule has 4 aromatic rings. The zero-order valence-electron chi connectivity index (χ0n) is 21.1. The SMILES string of the molecule is CC(=O)O[C@@H]1N=C(c2ccc(NC(=O)CCc3ccccc3)cc2)c2c(sc(C)c2C)-n2c(C)nnc21. The van der Waals surface area contributed by atoms with E-state index in [1.807, 2.05) is 66.1 Å². The van der Waals surface area contributed by atoms with Gasteiger partial charge in [-0.2, -0.15) is 0 Å². The summed E-state index contributed by atoms with van der Waals surface area (Å²) in [6.07, 6.45) is 0.158. The van der Waals surface area contributed by atoms with E-state index in [-0.39, 0.29) is 5.91 Å². The van der Waals surface area contributed by atoms with Gasteiger partial charge in [-0.15, -0.1) is 21.5 Å². The molecule has 5 rings (SSSR count). The van der Waals surface area contributed by atoms with Crippen LogP contribution < -0.4 is 5.32 Å². The zero-order valence-corrected chi connectivity index (χ0v) is 21.9. The number of benzene rings is 2. The number of amides is 1. The van der Waals surface area contributed by atoms with E-state index in [4.69, 9.17) is 9.73 Å². The third kappa shape index (κ3) is 4.95. The molecule has 3 heterocycles. The first-order chi connectivity index (χ1) is 17.8. The maximum absolute atomic E-state index is 12.5. The Hall–Kier alpha value is -4.11. The third-order valence-electron chi connectivity index (χ3n) is 6.33. The van der Waals surface area contributed by atoms with Crippen LogP contribution in [-0.4, -0.2) is 32.4 Å². The van der Waals surface area contributed by atoms with Crippen LogP contribution in [0.25, 0.3) is 5.00 Å². The van der Waals surface area contributed by atoms with Gasteiger partial charge in [0.15, 0.2) is 0 Å². The predicted molar refractivity (Wildman–Crippen MR) is 143 cm³/mol. The molecule has 2 aromatic carbocycles. The average Bonchev–Trinajstić information content (AvgIpc) is 3.36. The lowest BCUT2D eigenvalue weighted by molar-refractivity contribution is -0.146. The molecule has 1 amide bonds. The Morgan fingerprint density at radius 1 is 1.03 bits per heavy atom. The quantitative estimate of drug-likeness (QED) is 0.356. The van der Waals surface area contributed by atoms with Gasteiger partial charge in [-0.25, -0.2) is 4.99 Å². The molecule has 1 aliphatic rings. The number of rotatable bonds is 6. The van der Waals surface area contributed by atoms with Gasteiger partial charge in [0, 0.05) is 35.0 Å². The number of carbonyl (C=O) groups excluding carboxylic acids is 2. The molecule has 0 fully saturated rings. The summed E-state index contributed by atoms with van der Waals surface area (Å²) in [4.78, 5) is 30.5. The van der Waals surface area contributed by atoms with Gasteiger partial charge in [-0.3, -0.25) is 14.2 Å². The molecule has 8 nitrogen and oxygen atoms in total. The number of aromatic nitrogens is 3. The van der Waals surface area contributed by atoms with Crippen molar-refractivity contribution < 1.29 is 14.3 Å². The second-order valence-corrected chi connectivity index (χ2v) is 10.2. The average molecular weight is 514 g/mol. The number of hydrogen-bond acceptors (Lipinski definition) is 7. The number of anilines is 1. The topological polar surface area (TPSA) is 98.5 Å². The monoisotopic (exact) mass is 513 g/mol. The molecule has 188 valence electrons. The van der Waals surface area contributed by atoms with Crippen LogP contribution in [0.4, 0.5) is 5.69 Å². The molecule has 1 aliphatic heterocycles. The van der Waals surface area contributed by atoms with E-state index < -0.39 is 12.2 Å². The van der Waals surface area contributed by atoms with E-state index in [9.17, 15) is 9.59 Å². The fraction of sp³-hybridized carbons (Fsp3) is 0.250. The molecular formula is C28H27N5O3S. The minimum Gasteiger partial charge on any atom is -0.432 e. The van der Waals surface area contributed by atoms with Gasteiger partial charge in [-0.05, 0) is 50.5 Å². The number of nitrogens with zero attached hydrogens (tertiary/aromatic N) is 4. The highest BCUT2D eigenvalue weighted by atomic mass is 32.1. The van der Waals surface area contributed by atoms with Crippen LogP contribution in [0.15, 0.2) is 59.6 Å². The fourth-order valence-electron chi connectivity index (χ4n) is 4.37. The maximum atomic E-state index is 12.5. The predicted octanol–water partition coefficient (Wildman–Crippen LogP) is 5.24. The number of esters is 1. The molecule has 37 heavy (non-hydrogen) atoms. The maximum Gasteiger partial charge on any atom is 0.304 e. The molecule has 0 unspecified atom stereocenters. The van der Waals surface area contributed by atoms with Crippen LogP contribution >= 0.6 is 11.3 Å². The van der Waals surface area contributed by atoms with Gasteiger partial charge in [0.25, 0.3) is 6.23 Å². The molecule has 1 atom stereocenters. The highest BCUT2D eigenvalue weighted by Crippen LogP contribution is 2.39. The number of aryl methyl sites for hydroxylation is 3. The number of ether oxygens (including phenoxy) is 1. The molecule has 0 saturated carbocycles. The Bertz CT molecular complexity index is 1500. The Balaban J connectivity index is 1.45. The van der Waals surface area contributed by atoms with Crippen molar-refractivity contribution in [2.45, 2.75) is 46.8 Å². The largest absolute Gasteiger partial charge is 0.432 e. The van der Waals surface area contributed by atoms with Crippen LogP contribution in [-0.2, 0) is 20.7 Å². The number of nitrogens with one attached hydrogen (secondary N) is 1. The van der Waals surface area contributed by atoms with E-state index in [1.165, 1.54) is 6.92 Å². The molecule has 0 radical (unpaired) electrons. The van der Waals surface area contributed by atoms with Gasteiger partial charge in [0.2, 0.25) is 11.7 Å². The van der Waals surface area contributed by atoms with Crippen molar-refractivity contribution in [2.24, 2.45) is 4.99 Å². The normalized spacial score (nSPS) is 14.3. The van der Waals surface area contributed by atoms with Crippen molar-refractivity contribution in [3.8, 4) is 5.00 Å². The molecular weight excluding hydrogens is 486 g/mol. The smallest absolute Gasteiger partial charge is 0.304 e. The van der Waals surface area contributed by atoms with Gasteiger partial charge < -0.3 is 10.1 Å². The van der Waals surface area contributed by atoms with Crippen molar-refractivity contribution in [1.82, 2.24) is 14.8 Å². The minimum atomic E-state index is -0.926. The lowest BCUT2D eigenvalue weighted by atomic mass is 9.99. The summed E-state index contributed by atoms with van der Waals surface area (Å²) in [7, 11) is 0. The van der Waals surface area contributed by atoms with Crippen molar-refractivity contribution in [2.75, 3.05) is 5.32 Å². The van der Waals surface area contributed by atoms with Gasteiger partial charge >= 0.3 is 5.97 Å². The van der Waals surface area contributed by atoms with Crippen LogP contribution in [0.2, 0.25) is 0 Å². The summed E-state index contributed by atoms with van der Waals surface area (Å²) in [6.45, 7) is 7.36. The van der Waals surface area contributed by atoms with E-state index in [0.29, 0.717) is 35.9 Å². The Morgan fingerprint density at radius 3 is 2.46 bits per heavy atom. The van der Waals surface area contributed by atoms with E-state index in [2.05, 4.69) is 29.4 Å². The van der Waals surface area contributed by atoms with Crippen molar-refractivity contribution in [3.05, 3.63) is 93.4 Å². The highest BCUT2D eigenvalue weighted by molar-refractivity contribution is 7.15. The van der Waals surface area contributed by atoms with Crippen LogP contribution in [0, 0.1) is 20.8 Å². The number of hydrogen-bond donors (Lipinski definition) is 1. The molecule has 1 N–H and O–H groups in total. The van der Waals surface area contributed by atoms with E-state index in [1.54, 1.807) is 11.3 Å². The molecule has 0 bridgehead atoms. The Labute approximate surface area is 219 Å². The van der Waals surface area contributed by atoms with E-state index in [0.717, 1.165) is 32.1 Å². The molecule has 2 aromatic heterocycles. The second-order valence-electron chi connectivity index (χ2n) is 8.95. The zero-order chi connectivity index (χ0) is 26.1. The summed E-state index contributed by atoms with van der Waals surface area (Å²) in [6, 6.07) is 17.5. The van der Waals surface area contributed by atoms with Crippen LogP contribution in [0.1, 0.15) is 58.4 Å². The number of fused-ring (bicyclic) bond motifs is 3. The van der Waals surface area contributed by atoms with E-state index >= 15 is 0 Å². The summed E-state index contributed by atoms with van der Waals surface area (Å²) in [5.74, 6) is 0.664. The van der Waals surface area contributed by atoms with Crippen LogP contribution in [0.3, 0.4) is 0 Å². The van der Waals surface area contributed by atoms with Crippen molar-refractivity contribution in [1.29, 1.82) is 0 Å². The van der Waals surface area contributed by atoms with Gasteiger partial charge in [-0.1, -0.05) is 42.5 Å².